The SMILES string of the molecule is C=C=C(C)NC(=C)/C=C1/C(c2cc(C)cc(CCCC3(CC)CCCCC3)c2)=CCC/C1=C/C.C=O.C=O.CC.CCO.[HH]. The van der Waals surface area contributed by atoms with E-state index in [1.807, 2.05) is 34.3 Å². The number of aliphatic hydroxyl groups is 1. The van der Waals surface area contributed by atoms with E-state index in [1.165, 1.54) is 91.2 Å². The third kappa shape index (κ3) is 15.2. The number of allylic oxidation sites excluding steroid dienone is 7. The van der Waals surface area contributed by atoms with E-state index < -0.39 is 0 Å². The molecule has 0 aromatic heterocycles. The van der Waals surface area contributed by atoms with Crippen LogP contribution in [0, 0.1) is 12.3 Å². The Morgan fingerprint density at radius 1 is 1.09 bits per heavy atom. The lowest BCUT2D eigenvalue weighted by atomic mass is 9.69. The van der Waals surface area contributed by atoms with Gasteiger partial charge in [-0.25, -0.2) is 0 Å². The second-order valence-electron chi connectivity index (χ2n) is 10.8. The molecule has 1 fully saturated rings. The van der Waals surface area contributed by atoms with Gasteiger partial charge >= 0.3 is 0 Å². The number of aryl methyl sites for hydroxylation is 2. The van der Waals surface area contributed by atoms with Crippen molar-refractivity contribution < 1.29 is 16.1 Å². The Kier molecular flexibility index (Phi) is 24.7. The average Bonchev–Trinajstić information content (AvgIpc) is 3.04. The molecule has 1 saturated carbocycles. The van der Waals surface area contributed by atoms with Crippen LogP contribution < -0.4 is 5.32 Å². The minimum absolute atomic E-state index is 0. The smallest absolute Gasteiger partial charge is 0.106 e. The highest BCUT2D eigenvalue weighted by Gasteiger charge is 2.29. The van der Waals surface area contributed by atoms with Crippen molar-refractivity contribution in [2.24, 2.45) is 5.41 Å². The summed E-state index contributed by atoms with van der Waals surface area (Å²) in [4.78, 5) is 16.0. The first kappa shape index (κ1) is 41.9. The summed E-state index contributed by atoms with van der Waals surface area (Å²) >= 11 is 0. The van der Waals surface area contributed by atoms with Crippen molar-refractivity contribution in [3.63, 3.8) is 0 Å². The molecule has 0 bridgehead atoms. The lowest BCUT2D eigenvalue weighted by Crippen LogP contribution is -2.23. The number of carbonyl (C=O) groups excluding carboxylic acids is 2. The number of hydrogen-bond donors (Lipinski definition) is 2. The monoisotopic (exact) mass is 593 g/mol. The van der Waals surface area contributed by atoms with Crippen LogP contribution in [0.5, 0.6) is 0 Å². The molecule has 3 rings (SSSR count). The first-order chi connectivity index (χ1) is 20.8. The second-order valence-corrected chi connectivity index (χ2v) is 10.8. The second kappa shape index (κ2) is 25.3. The van der Waals surface area contributed by atoms with E-state index in [-0.39, 0.29) is 8.03 Å². The molecule has 242 valence electrons. The maximum atomic E-state index is 8.00. The quantitative estimate of drug-likeness (QED) is 0.280. The Hall–Kier alpha value is -3.20. The van der Waals surface area contributed by atoms with E-state index in [1.54, 1.807) is 6.92 Å². The van der Waals surface area contributed by atoms with E-state index in [0.29, 0.717) is 5.41 Å². The van der Waals surface area contributed by atoms with Gasteiger partial charge in [-0.2, -0.15) is 0 Å². The predicted molar refractivity (Wildman–Crippen MR) is 190 cm³/mol. The van der Waals surface area contributed by atoms with Crippen LogP contribution >= 0.6 is 0 Å². The molecule has 0 saturated heterocycles. The molecule has 1 aromatic carbocycles. The summed E-state index contributed by atoms with van der Waals surface area (Å²) in [6.45, 7) is 26.7. The molecule has 0 unspecified atom stereocenters. The number of carbonyl (C=O) groups is 2. The lowest BCUT2D eigenvalue weighted by molar-refractivity contribution is -0.0987. The summed E-state index contributed by atoms with van der Waals surface area (Å²) in [7, 11) is 0. The highest BCUT2D eigenvalue weighted by molar-refractivity contribution is 5.86. The Morgan fingerprint density at radius 2 is 1.70 bits per heavy atom. The van der Waals surface area contributed by atoms with Gasteiger partial charge in [0, 0.05) is 13.7 Å². The molecule has 4 nitrogen and oxygen atoms in total. The van der Waals surface area contributed by atoms with Gasteiger partial charge in [0.05, 0.1) is 5.70 Å². The van der Waals surface area contributed by atoms with Crippen LogP contribution in [0.2, 0.25) is 0 Å². The summed E-state index contributed by atoms with van der Waals surface area (Å²) in [6.07, 6.45) is 21.4. The summed E-state index contributed by atoms with van der Waals surface area (Å²) in [5.74, 6) is 0. The zero-order chi connectivity index (χ0) is 33.3. The fraction of sp³-hybridized carbons (Fsp3) is 0.513. The number of rotatable bonds is 9. The molecule has 4 heteroatoms. The third-order valence-corrected chi connectivity index (χ3v) is 7.96. The normalized spacial score (nSPS) is 16.6. The van der Waals surface area contributed by atoms with Crippen molar-refractivity contribution in [1.29, 1.82) is 0 Å². The summed E-state index contributed by atoms with van der Waals surface area (Å²) in [5.41, 5.74) is 13.5. The Bertz CT molecular complexity index is 1080. The average molecular weight is 594 g/mol. The van der Waals surface area contributed by atoms with Gasteiger partial charge in [-0.1, -0.05) is 95.5 Å². The molecule has 1 aromatic rings. The van der Waals surface area contributed by atoms with Gasteiger partial charge in [-0.05, 0) is 112 Å². The third-order valence-electron chi connectivity index (χ3n) is 7.96. The van der Waals surface area contributed by atoms with E-state index in [0.717, 1.165) is 24.2 Å². The molecular formula is C39H63NO3. The summed E-state index contributed by atoms with van der Waals surface area (Å²) < 4.78 is 0. The van der Waals surface area contributed by atoms with Gasteiger partial charge in [0.25, 0.3) is 0 Å². The fourth-order valence-electron chi connectivity index (χ4n) is 5.94. The standard InChI is InChI=1S/C33H45N.C2H6O.C2H6.2CH2O.H2/c1-7-26(5)34-27(6)23-32-29(8-2)16-13-17-31(32)30-22-25(4)21-28(24-30)15-14-20-33(9-3)18-11-10-12-19-33;1-2-3;3*1-2;/h8,17,21-24,34H,1,6,9-16,18-20H2,2-5H3;3H,2H2,1H3;1-2H3;2*1H2;1H/b29-8-,32-23+;;;;;. The van der Waals surface area contributed by atoms with Crippen LogP contribution in [0.1, 0.15) is 124 Å². The number of benzene rings is 1. The van der Waals surface area contributed by atoms with Crippen LogP contribution in [-0.2, 0) is 16.0 Å². The van der Waals surface area contributed by atoms with Crippen LogP contribution in [0.15, 0.2) is 77.9 Å². The lowest BCUT2D eigenvalue weighted by Gasteiger charge is -2.36. The summed E-state index contributed by atoms with van der Waals surface area (Å²) in [6, 6.07) is 7.18. The van der Waals surface area contributed by atoms with E-state index in [2.05, 4.69) is 81.4 Å². The maximum absolute atomic E-state index is 8.00. The van der Waals surface area contributed by atoms with E-state index in [9.17, 15) is 0 Å². The molecule has 0 atom stereocenters. The van der Waals surface area contributed by atoms with Crippen molar-refractivity contribution in [3.05, 3.63) is 94.5 Å². The number of hydrogen-bond acceptors (Lipinski definition) is 4. The number of nitrogens with one attached hydrogen (secondary N) is 1. The molecule has 0 aliphatic heterocycles. The Morgan fingerprint density at radius 3 is 2.23 bits per heavy atom. The molecule has 43 heavy (non-hydrogen) atoms. The minimum atomic E-state index is 0. The van der Waals surface area contributed by atoms with Gasteiger partial charge < -0.3 is 20.0 Å². The van der Waals surface area contributed by atoms with Gasteiger partial charge in [0.1, 0.15) is 13.6 Å². The molecule has 0 amide bonds. The van der Waals surface area contributed by atoms with Gasteiger partial charge in [-0.15, -0.1) is 5.73 Å². The Labute approximate surface area is 266 Å². The van der Waals surface area contributed by atoms with Crippen molar-refractivity contribution in [1.82, 2.24) is 5.32 Å². The highest BCUT2D eigenvalue weighted by atomic mass is 16.2. The van der Waals surface area contributed by atoms with Crippen molar-refractivity contribution >= 4 is 19.2 Å². The van der Waals surface area contributed by atoms with Gasteiger partial charge in [0.15, 0.2) is 0 Å². The van der Waals surface area contributed by atoms with E-state index >= 15 is 0 Å². The first-order valence-electron chi connectivity index (χ1n) is 16.0. The van der Waals surface area contributed by atoms with Crippen molar-refractivity contribution in [3.8, 4) is 0 Å². The minimum Gasteiger partial charge on any atom is -0.397 e. The zero-order valence-corrected chi connectivity index (χ0v) is 28.5. The van der Waals surface area contributed by atoms with Crippen molar-refractivity contribution in [2.45, 2.75) is 119 Å². The predicted octanol–water partition coefficient (Wildman–Crippen LogP) is 10.4. The van der Waals surface area contributed by atoms with Crippen LogP contribution in [0.4, 0.5) is 0 Å². The molecule has 0 radical (unpaired) electrons. The van der Waals surface area contributed by atoms with Crippen LogP contribution in [-0.4, -0.2) is 25.3 Å². The highest BCUT2D eigenvalue weighted by Crippen LogP contribution is 2.43. The molecular weight excluding hydrogens is 530 g/mol. The van der Waals surface area contributed by atoms with Gasteiger partial charge in [0.2, 0.25) is 0 Å². The molecule has 2 aliphatic rings. The van der Waals surface area contributed by atoms with Crippen molar-refractivity contribution in [2.75, 3.05) is 6.61 Å². The van der Waals surface area contributed by atoms with Crippen LogP contribution in [0.25, 0.3) is 5.57 Å². The van der Waals surface area contributed by atoms with Crippen LogP contribution in [0.3, 0.4) is 0 Å². The first-order valence-corrected chi connectivity index (χ1v) is 16.0. The Balaban J connectivity index is -0.00000153. The molecule has 2 N–H and O–H groups in total. The maximum Gasteiger partial charge on any atom is 0.106 e. The zero-order valence-electron chi connectivity index (χ0n) is 28.5. The van der Waals surface area contributed by atoms with E-state index in [4.69, 9.17) is 14.7 Å². The van der Waals surface area contributed by atoms with Gasteiger partial charge in [-0.3, -0.25) is 0 Å². The molecule has 0 heterocycles. The number of aliphatic hydroxyl groups excluding tert-OH is 1. The molecule has 0 spiro atoms. The topological polar surface area (TPSA) is 66.4 Å². The largest absolute Gasteiger partial charge is 0.397 e. The molecule has 2 aliphatic carbocycles. The summed E-state index contributed by atoms with van der Waals surface area (Å²) in [5, 5.41) is 10.9. The fourth-order valence-corrected chi connectivity index (χ4v) is 5.94.